The van der Waals surface area contributed by atoms with Crippen molar-refractivity contribution >= 4 is 5.97 Å². The van der Waals surface area contributed by atoms with Crippen LogP contribution in [0.5, 0.6) is 0 Å². The molecule has 1 atom stereocenters. The van der Waals surface area contributed by atoms with Crippen LogP contribution in [0.25, 0.3) is 0 Å². The van der Waals surface area contributed by atoms with Gasteiger partial charge in [0.2, 0.25) is 6.17 Å². The van der Waals surface area contributed by atoms with Crippen molar-refractivity contribution in [1.29, 1.82) is 0 Å². The van der Waals surface area contributed by atoms with E-state index in [0.29, 0.717) is 6.07 Å². The Bertz CT molecular complexity index is 352. The van der Waals surface area contributed by atoms with E-state index < -0.39 is 34.9 Å². The number of rotatable bonds is 3. The van der Waals surface area contributed by atoms with Crippen LogP contribution in [0, 0.1) is 0 Å². The fourth-order valence-corrected chi connectivity index (χ4v) is 0.782. The fraction of sp³-hybridized carbons (Fsp3) is 0.333. The lowest BCUT2D eigenvalue weighted by Gasteiger charge is -2.00. The Labute approximate surface area is 74.7 Å². The van der Waals surface area contributed by atoms with Crippen LogP contribution < -0.4 is 0 Å². The molecule has 14 heavy (non-hydrogen) atoms. The first-order chi connectivity index (χ1) is 6.43. The standard InChI is InChI=1S/C6H4F4N2O2/c7-4(5(8)9)2-1-3(6(13)14)12(10)11-2/h1,4-5H,(H,13,14). The van der Waals surface area contributed by atoms with E-state index in [1.807, 2.05) is 0 Å². The van der Waals surface area contributed by atoms with Crippen LogP contribution in [0.4, 0.5) is 17.7 Å². The third-order valence-electron chi connectivity index (χ3n) is 1.41. The van der Waals surface area contributed by atoms with E-state index in [1.165, 1.54) is 0 Å². The Morgan fingerprint density at radius 1 is 1.50 bits per heavy atom. The van der Waals surface area contributed by atoms with Crippen LogP contribution in [0.15, 0.2) is 6.07 Å². The van der Waals surface area contributed by atoms with E-state index in [2.05, 4.69) is 5.10 Å². The zero-order valence-corrected chi connectivity index (χ0v) is 6.49. The van der Waals surface area contributed by atoms with E-state index in [9.17, 15) is 22.4 Å². The van der Waals surface area contributed by atoms with Crippen molar-refractivity contribution in [3.05, 3.63) is 17.5 Å². The highest BCUT2D eigenvalue weighted by atomic mass is 19.3. The first kappa shape index (κ1) is 10.5. The quantitative estimate of drug-likeness (QED) is 0.774. The summed E-state index contributed by atoms with van der Waals surface area (Å²) in [5, 5.41) is 11.0. The second-order valence-corrected chi connectivity index (χ2v) is 2.36. The number of carbonyl (C=O) groups is 1. The van der Waals surface area contributed by atoms with Crippen molar-refractivity contribution in [2.45, 2.75) is 12.6 Å². The van der Waals surface area contributed by atoms with Crippen molar-refractivity contribution < 1.29 is 27.6 Å². The molecule has 4 nitrogen and oxygen atoms in total. The average Bonchev–Trinajstić information content (AvgIpc) is 2.45. The van der Waals surface area contributed by atoms with Crippen LogP contribution in [-0.2, 0) is 0 Å². The van der Waals surface area contributed by atoms with Gasteiger partial charge in [-0.05, 0) is 0 Å². The molecule has 0 fully saturated rings. The van der Waals surface area contributed by atoms with Crippen LogP contribution >= 0.6 is 0 Å². The second kappa shape index (κ2) is 3.64. The summed E-state index contributed by atoms with van der Waals surface area (Å²) in [6, 6.07) is 0.416. The summed E-state index contributed by atoms with van der Waals surface area (Å²) in [5.74, 6) is -1.72. The summed E-state index contributed by atoms with van der Waals surface area (Å²) in [4.78, 5) is 9.56. The van der Waals surface area contributed by atoms with Crippen molar-refractivity contribution in [2.24, 2.45) is 0 Å². The number of aromatic nitrogens is 2. The zero-order valence-electron chi connectivity index (χ0n) is 6.49. The average molecular weight is 212 g/mol. The smallest absolute Gasteiger partial charge is 0.357 e. The van der Waals surface area contributed by atoms with E-state index in [1.54, 1.807) is 0 Å². The third-order valence-corrected chi connectivity index (χ3v) is 1.41. The van der Waals surface area contributed by atoms with Gasteiger partial charge in [-0.3, -0.25) is 0 Å². The molecule has 8 heteroatoms. The van der Waals surface area contributed by atoms with Crippen molar-refractivity contribution in [1.82, 2.24) is 10.0 Å². The number of halogens is 4. The molecule has 0 saturated heterocycles. The molecule has 1 N–H and O–H groups in total. The van der Waals surface area contributed by atoms with E-state index in [4.69, 9.17) is 5.11 Å². The van der Waals surface area contributed by atoms with Crippen LogP contribution in [-0.4, -0.2) is 27.5 Å². The lowest BCUT2D eigenvalue weighted by Crippen LogP contribution is -2.04. The molecule has 78 valence electrons. The zero-order chi connectivity index (χ0) is 10.9. The molecule has 1 aromatic heterocycles. The minimum Gasteiger partial charge on any atom is -0.476 e. The van der Waals surface area contributed by atoms with Gasteiger partial charge in [-0.15, -0.1) is 5.10 Å². The van der Waals surface area contributed by atoms with E-state index in [0.717, 1.165) is 0 Å². The summed E-state index contributed by atoms with van der Waals surface area (Å²) in [6.45, 7) is 0. The molecule has 1 aromatic rings. The highest BCUT2D eigenvalue weighted by molar-refractivity contribution is 5.85. The maximum absolute atomic E-state index is 12.5. The number of hydrogen-bond donors (Lipinski definition) is 1. The SMILES string of the molecule is O=C(O)c1cc(C(F)C(F)F)nn1F. The van der Waals surface area contributed by atoms with Crippen LogP contribution in [0.1, 0.15) is 22.4 Å². The molecular formula is C6H4F4N2O2. The molecule has 0 aliphatic carbocycles. The first-order valence-corrected chi connectivity index (χ1v) is 3.35. The normalized spacial score (nSPS) is 13.2. The van der Waals surface area contributed by atoms with Gasteiger partial charge in [-0.2, -0.15) is 0 Å². The number of aromatic carboxylic acids is 1. The summed E-state index contributed by atoms with van der Waals surface area (Å²) in [7, 11) is 0. The molecule has 0 bridgehead atoms. The lowest BCUT2D eigenvalue weighted by atomic mass is 10.2. The monoisotopic (exact) mass is 212 g/mol. The highest BCUT2D eigenvalue weighted by Crippen LogP contribution is 2.24. The number of nitrogens with zero attached hydrogens (tertiary/aromatic N) is 2. The minimum absolute atomic E-state index is 0.416. The van der Waals surface area contributed by atoms with Gasteiger partial charge in [0.15, 0.2) is 5.69 Å². The Morgan fingerprint density at radius 2 is 2.07 bits per heavy atom. The molecular weight excluding hydrogens is 208 g/mol. The molecule has 0 aliphatic rings. The second-order valence-electron chi connectivity index (χ2n) is 2.36. The Kier molecular flexibility index (Phi) is 2.73. The first-order valence-electron chi connectivity index (χ1n) is 3.35. The molecule has 1 unspecified atom stereocenters. The Morgan fingerprint density at radius 3 is 2.43 bits per heavy atom. The molecule has 0 aromatic carbocycles. The van der Waals surface area contributed by atoms with Gasteiger partial charge in [0.05, 0.1) is 0 Å². The molecule has 1 rings (SSSR count). The predicted octanol–water partition coefficient (Wildman–Crippen LogP) is 1.59. The highest BCUT2D eigenvalue weighted by Gasteiger charge is 2.27. The number of alkyl halides is 3. The lowest BCUT2D eigenvalue weighted by molar-refractivity contribution is 0.0462. The van der Waals surface area contributed by atoms with Gasteiger partial charge in [-0.25, -0.2) is 18.0 Å². The summed E-state index contributed by atoms with van der Waals surface area (Å²) < 4.78 is 48.6. The van der Waals surface area contributed by atoms with Crippen molar-refractivity contribution in [3.63, 3.8) is 0 Å². The molecule has 0 amide bonds. The maximum atomic E-state index is 12.5. The fourth-order valence-electron chi connectivity index (χ4n) is 0.782. The molecule has 0 spiro atoms. The van der Waals surface area contributed by atoms with Crippen LogP contribution in [0.3, 0.4) is 0 Å². The molecule has 0 radical (unpaired) electrons. The maximum Gasteiger partial charge on any atom is 0.357 e. The van der Waals surface area contributed by atoms with E-state index in [-0.39, 0.29) is 0 Å². The molecule has 1 heterocycles. The number of carboxylic acids is 1. The van der Waals surface area contributed by atoms with Gasteiger partial charge in [0, 0.05) is 6.07 Å². The molecule has 0 aliphatic heterocycles. The van der Waals surface area contributed by atoms with Crippen molar-refractivity contribution in [3.8, 4) is 0 Å². The topological polar surface area (TPSA) is 55.1 Å². The summed E-state index contributed by atoms with van der Waals surface area (Å²) in [5.41, 5.74) is -1.94. The predicted molar refractivity (Wildman–Crippen MR) is 35.5 cm³/mol. The van der Waals surface area contributed by atoms with Gasteiger partial charge in [0.25, 0.3) is 6.43 Å². The van der Waals surface area contributed by atoms with Gasteiger partial charge >= 0.3 is 5.97 Å². The Balaban J connectivity index is 3.02. The van der Waals surface area contributed by atoms with Gasteiger partial charge in [-0.1, -0.05) is 9.39 Å². The Hall–Kier alpha value is -1.60. The summed E-state index contributed by atoms with van der Waals surface area (Å²) >= 11 is 0. The number of hydrogen-bond acceptors (Lipinski definition) is 2. The van der Waals surface area contributed by atoms with Gasteiger partial charge < -0.3 is 5.11 Å². The molecule has 0 saturated carbocycles. The van der Waals surface area contributed by atoms with Gasteiger partial charge in [0.1, 0.15) is 5.69 Å². The van der Waals surface area contributed by atoms with E-state index >= 15 is 0 Å². The largest absolute Gasteiger partial charge is 0.476 e. The number of carboxylic acid groups (broad SMARTS) is 1. The minimum atomic E-state index is -3.37. The van der Waals surface area contributed by atoms with Crippen molar-refractivity contribution in [2.75, 3.05) is 0 Å². The van der Waals surface area contributed by atoms with Crippen LogP contribution in [0.2, 0.25) is 0 Å². The summed E-state index contributed by atoms with van der Waals surface area (Å²) in [6.07, 6.45) is -6.16. The third kappa shape index (κ3) is 1.83.